The summed E-state index contributed by atoms with van der Waals surface area (Å²) in [6.45, 7) is 0. The fraction of sp³-hybridized carbons (Fsp3) is 0.0185. The van der Waals surface area contributed by atoms with Crippen LogP contribution in [-0.4, -0.2) is 4.98 Å². The van der Waals surface area contributed by atoms with E-state index in [2.05, 4.69) is 187 Å². The van der Waals surface area contributed by atoms with Crippen LogP contribution in [0.2, 0.25) is 0 Å². The van der Waals surface area contributed by atoms with Crippen LogP contribution in [-0.2, 0) is 5.41 Å². The molecular formula is C54H34N2O. The van der Waals surface area contributed by atoms with Crippen molar-refractivity contribution in [3.8, 4) is 67.4 Å². The number of hydrogen-bond acceptors (Lipinski definition) is 3. The Kier molecular flexibility index (Phi) is 6.84. The van der Waals surface area contributed by atoms with Gasteiger partial charge in [0.1, 0.15) is 0 Å². The molecule has 0 bridgehead atoms. The number of anilines is 3. The fourth-order valence-corrected chi connectivity index (χ4v) is 9.74. The monoisotopic (exact) mass is 726 g/mol. The lowest BCUT2D eigenvalue weighted by Crippen LogP contribution is -2.25. The van der Waals surface area contributed by atoms with Crippen molar-refractivity contribution in [2.75, 3.05) is 4.90 Å². The fourth-order valence-electron chi connectivity index (χ4n) is 9.74. The minimum Gasteiger partial charge on any atom is -0.453 e. The van der Waals surface area contributed by atoms with Gasteiger partial charge in [0.05, 0.1) is 28.2 Å². The van der Waals surface area contributed by atoms with E-state index in [4.69, 9.17) is 9.72 Å². The quantitative estimate of drug-likeness (QED) is 0.181. The van der Waals surface area contributed by atoms with Gasteiger partial charge in [0.25, 0.3) is 0 Å². The molecule has 0 unspecified atom stereocenters. The molecule has 3 heteroatoms. The van der Waals surface area contributed by atoms with Gasteiger partial charge in [-0.1, -0.05) is 158 Å². The highest BCUT2D eigenvalue weighted by Crippen LogP contribution is 2.64. The van der Waals surface area contributed by atoms with Gasteiger partial charge in [0, 0.05) is 16.8 Å². The number of para-hydroxylation sites is 4. The van der Waals surface area contributed by atoms with Crippen molar-refractivity contribution in [1.82, 2.24) is 4.98 Å². The highest BCUT2D eigenvalue weighted by molar-refractivity contribution is 6.00. The van der Waals surface area contributed by atoms with Gasteiger partial charge in [-0.15, -0.1) is 0 Å². The molecule has 12 rings (SSSR count). The number of fused-ring (bicyclic) bond motifs is 12. The third-order valence-electron chi connectivity index (χ3n) is 12.1. The molecule has 0 saturated heterocycles. The summed E-state index contributed by atoms with van der Waals surface area (Å²) in [4.78, 5) is 7.62. The smallest absolute Gasteiger partial charge is 0.151 e. The number of aromatic nitrogens is 1. The van der Waals surface area contributed by atoms with E-state index in [1.807, 2.05) is 24.3 Å². The first kappa shape index (κ1) is 31.8. The summed E-state index contributed by atoms with van der Waals surface area (Å²) < 4.78 is 6.30. The Labute approximate surface area is 331 Å². The number of hydrogen-bond donors (Lipinski definition) is 0. The molecule has 0 atom stereocenters. The third kappa shape index (κ3) is 4.57. The Balaban J connectivity index is 1.05. The minimum atomic E-state index is -0.403. The summed E-state index contributed by atoms with van der Waals surface area (Å²) in [6.07, 6.45) is 0. The van der Waals surface area contributed by atoms with Gasteiger partial charge < -0.3 is 9.64 Å². The topological polar surface area (TPSA) is 25.4 Å². The first-order valence-corrected chi connectivity index (χ1v) is 19.5. The van der Waals surface area contributed by atoms with Crippen LogP contribution < -0.4 is 9.64 Å². The van der Waals surface area contributed by atoms with Crippen molar-refractivity contribution in [2.45, 2.75) is 5.41 Å². The van der Waals surface area contributed by atoms with Crippen LogP contribution in [0.4, 0.5) is 17.1 Å². The summed E-state index contributed by atoms with van der Waals surface area (Å²) in [6, 6.07) is 74.2. The highest BCUT2D eigenvalue weighted by atomic mass is 16.5. The van der Waals surface area contributed by atoms with Gasteiger partial charge >= 0.3 is 0 Å². The predicted octanol–water partition coefficient (Wildman–Crippen LogP) is 14.0. The normalized spacial score (nSPS) is 13.5. The van der Waals surface area contributed by atoms with Gasteiger partial charge in [-0.3, -0.25) is 0 Å². The summed E-state index contributed by atoms with van der Waals surface area (Å²) in [7, 11) is 0. The molecule has 1 aliphatic heterocycles. The molecular weight excluding hydrogens is 693 g/mol. The van der Waals surface area contributed by atoms with E-state index in [0.717, 1.165) is 56.6 Å². The average molecular weight is 727 g/mol. The van der Waals surface area contributed by atoms with Crippen molar-refractivity contribution < 1.29 is 4.74 Å². The molecule has 0 saturated carbocycles. The third-order valence-corrected chi connectivity index (χ3v) is 12.1. The van der Waals surface area contributed by atoms with Crippen LogP contribution in [0.15, 0.2) is 206 Å². The molecule has 1 aromatic heterocycles. The van der Waals surface area contributed by atoms with E-state index >= 15 is 0 Å². The average Bonchev–Trinajstić information content (AvgIpc) is 3.76. The number of rotatable bonds is 4. The standard InChI is InChI=1S/C54H34N2O/c1-2-15-35(16-3-1)47-33-37(34-48(55-47)36-29-31-38(32-30-36)56-49-25-10-12-27-51(49)57-52-28-13-11-26-50(52)56)39-20-14-24-46-53(39)42-19-6-9-23-45(42)54(46)43-21-7-4-17-40(43)41-18-5-8-22-44(41)54/h1-34H. The highest BCUT2D eigenvalue weighted by Gasteiger charge is 2.52. The molecule has 0 amide bonds. The first-order chi connectivity index (χ1) is 28.3. The lowest BCUT2D eigenvalue weighted by Gasteiger charge is -2.32. The van der Waals surface area contributed by atoms with Gasteiger partial charge in [0.15, 0.2) is 11.5 Å². The van der Waals surface area contributed by atoms with Gasteiger partial charge in [0.2, 0.25) is 0 Å². The molecule has 0 radical (unpaired) electrons. The van der Waals surface area contributed by atoms with Crippen LogP contribution in [0, 0.1) is 0 Å². The van der Waals surface area contributed by atoms with Gasteiger partial charge in [-0.2, -0.15) is 0 Å². The predicted molar refractivity (Wildman–Crippen MR) is 232 cm³/mol. The number of benzene rings is 8. The molecule has 9 aromatic rings. The lowest BCUT2D eigenvalue weighted by atomic mass is 9.70. The van der Waals surface area contributed by atoms with E-state index in [1.165, 1.54) is 50.1 Å². The summed E-state index contributed by atoms with van der Waals surface area (Å²) in [5.41, 5.74) is 19.6. The SMILES string of the molecule is c1ccc(-c2cc(-c3cccc4c3-c3ccccc3C43c4ccccc4-c4ccccc43)cc(-c3ccc(N4c5ccccc5Oc5ccccc54)cc3)n2)cc1. The number of pyridine rings is 1. The molecule has 8 aromatic carbocycles. The zero-order valence-corrected chi connectivity index (χ0v) is 30.9. The van der Waals surface area contributed by atoms with E-state index in [9.17, 15) is 0 Å². The first-order valence-electron chi connectivity index (χ1n) is 19.5. The van der Waals surface area contributed by atoms with Crippen molar-refractivity contribution in [1.29, 1.82) is 0 Å². The van der Waals surface area contributed by atoms with Crippen LogP contribution in [0.3, 0.4) is 0 Å². The maximum atomic E-state index is 6.30. The number of ether oxygens (including phenoxy) is 1. The minimum absolute atomic E-state index is 0.403. The summed E-state index contributed by atoms with van der Waals surface area (Å²) in [5.74, 6) is 1.68. The molecule has 2 aliphatic carbocycles. The second kappa shape index (κ2) is 12.3. The Hall–Kier alpha value is -7.49. The molecule has 0 N–H and O–H groups in total. The van der Waals surface area contributed by atoms with Crippen LogP contribution in [0.1, 0.15) is 22.3 Å². The zero-order chi connectivity index (χ0) is 37.5. The molecule has 57 heavy (non-hydrogen) atoms. The van der Waals surface area contributed by atoms with Crippen LogP contribution in [0.25, 0.3) is 55.9 Å². The Morgan fingerprint density at radius 1 is 0.368 bits per heavy atom. The Bertz CT molecular complexity index is 2970. The molecule has 266 valence electrons. The van der Waals surface area contributed by atoms with E-state index in [0.29, 0.717) is 0 Å². The summed E-state index contributed by atoms with van der Waals surface area (Å²) >= 11 is 0. The van der Waals surface area contributed by atoms with Crippen molar-refractivity contribution in [3.05, 3.63) is 229 Å². The molecule has 3 nitrogen and oxygen atoms in total. The van der Waals surface area contributed by atoms with Crippen LogP contribution in [0.5, 0.6) is 11.5 Å². The molecule has 0 fully saturated rings. The van der Waals surface area contributed by atoms with Gasteiger partial charge in [-0.05, 0) is 104 Å². The second-order valence-electron chi connectivity index (χ2n) is 15.0. The zero-order valence-electron chi connectivity index (χ0n) is 30.9. The lowest BCUT2D eigenvalue weighted by molar-refractivity contribution is 0.477. The number of nitrogens with zero attached hydrogens (tertiary/aromatic N) is 2. The molecule has 3 aliphatic rings. The van der Waals surface area contributed by atoms with E-state index < -0.39 is 5.41 Å². The molecule has 1 spiro atoms. The van der Waals surface area contributed by atoms with E-state index in [-0.39, 0.29) is 0 Å². The van der Waals surface area contributed by atoms with Crippen molar-refractivity contribution in [3.63, 3.8) is 0 Å². The Morgan fingerprint density at radius 2 is 0.842 bits per heavy atom. The Morgan fingerprint density at radius 3 is 1.47 bits per heavy atom. The van der Waals surface area contributed by atoms with Crippen LogP contribution >= 0.6 is 0 Å². The van der Waals surface area contributed by atoms with Crippen molar-refractivity contribution >= 4 is 17.1 Å². The van der Waals surface area contributed by atoms with Crippen molar-refractivity contribution in [2.24, 2.45) is 0 Å². The maximum absolute atomic E-state index is 6.30. The maximum Gasteiger partial charge on any atom is 0.151 e. The molecule has 2 heterocycles. The largest absolute Gasteiger partial charge is 0.453 e. The summed E-state index contributed by atoms with van der Waals surface area (Å²) in [5, 5.41) is 0. The van der Waals surface area contributed by atoms with E-state index in [1.54, 1.807) is 0 Å². The van der Waals surface area contributed by atoms with Gasteiger partial charge in [-0.25, -0.2) is 4.98 Å². The second-order valence-corrected chi connectivity index (χ2v) is 15.0.